The number of benzene rings is 2. The molecule has 0 unspecified atom stereocenters. The summed E-state index contributed by atoms with van der Waals surface area (Å²) in [6, 6.07) is 8.88. The minimum atomic E-state index is -0.510. The molecule has 6 heteroatoms. The third kappa shape index (κ3) is 2.49. The van der Waals surface area contributed by atoms with E-state index in [0.717, 1.165) is 0 Å². The number of ether oxygens (including phenoxy) is 2. The molecule has 0 saturated carbocycles. The van der Waals surface area contributed by atoms with E-state index in [9.17, 15) is 15.2 Å². The molecule has 0 spiro atoms. The summed E-state index contributed by atoms with van der Waals surface area (Å²) in [5, 5.41) is 20.7. The van der Waals surface area contributed by atoms with Crippen molar-refractivity contribution in [2.24, 2.45) is 0 Å². The van der Waals surface area contributed by atoms with Gasteiger partial charge < -0.3 is 14.6 Å². The molecule has 0 aliphatic heterocycles. The Morgan fingerprint density at radius 2 is 1.75 bits per heavy atom. The Balaban J connectivity index is 2.56. The number of phenols is 1. The number of rotatable bonds is 4. The van der Waals surface area contributed by atoms with Crippen molar-refractivity contribution in [3.63, 3.8) is 0 Å². The molecule has 0 bridgehead atoms. The highest BCUT2D eigenvalue weighted by Gasteiger charge is 2.14. The second-order valence-corrected chi connectivity index (χ2v) is 4.03. The smallest absolute Gasteiger partial charge is 0.270 e. The fraction of sp³-hybridized carbons (Fsp3) is 0.143. The molecule has 0 radical (unpaired) electrons. The lowest BCUT2D eigenvalue weighted by Crippen LogP contribution is -1.92. The van der Waals surface area contributed by atoms with Gasteiger partial charge in [-0.2, -0.15) is 0 Å². The van der Waals surface area contributed by atoms with Gasteiger partial charge in [0.1, 0.15) is 5.75 Å². The van der Waals surface area contributed by atoms with E-state index in [1.807, 2.05) is 0 Å². The molecule has 0 heterocycles. The molecular formula is C14H13NO5. The first-order valence-corrected chi connectivity index (χ1v) is 5.76. The molecule has 0 aromatic heterocycles. The lowest BCUT2D eigenvalue weighted by molar-refractivity contribution is -0.384. The molecule has 0 aliphatic carbocycles. The molecule has 0 amide bonds. The van der Waals surface area contributed by atoms with Crippen molar-refractivity contribution in [3.05, 3.63) is 46.5 Å². The van der Waals surface area contributed by atoms with Crippen LogP contribution in [0.15, 0.2) is 36.4 Å². The molecule has 6 nitrogen and oxygen atoms in total. The zero-order valence-corrected chi connectivity index (χ0v) is 11.0. The fourth-order valence-corrected chi connectivity index (χ4v) is 1.87. The number of methoxy groups -OCH3 is 2. The van der Waals surface area contributed by atoms with Crippen LogP contribution in [0.3, 0.4) is 0 Å². The van der Waals surface area contributed by atoms with Gasteiger partial charge in [0.15, 0.2) is 11.5 Å². The highest BCUT2D eigenvalue weighted by molar-refractivity contribution is 5.74. The minimum absolute atomic E-state index is 0.0391. The second kappa shape index (κ2) is 5.48. The van der Waals surface area contributed by atoms with Gasteiger partial charge in [0.2, 0.25) is 0 Å². The van der Waals surface area contributed by atoms with E-state index in [2.05, 4.69) is 0 Å². The van der Waals surface area contributed by atoms with Crippen molar-refractivity contribution in [2.75, 3.05) is 14.2 Å². The number of nitro benzene ring substituents is 1. The van der Waals surface area contributed by atoms with Crippen LogP contribution in [0.5, 0.6) is 17.2 Å². The predicted molar refractivity (Wildman–Crippen MR) is 73.3 cm³/mol. The molecule has 2 aromatic rings. The van der Waals surface area contributed by atoms with Crippen LogP contribution >= 0.6 is 0 Å². The third-order valence-corrected chi connectivity index (χ3v) is 2.89. The second-order valence-electron chi connectivity index (χ2n) is 4.03. The van der Waals surface area contributed by atoms with Crippen molar-refractivity contribution in [3.8, 4) is 28.4 Å². The summed E-state index contributed by atoms with van der Waals surface area (Å²) in [5.74, 6) is 0.986. The minimum Gasteiger partial charge on any atom is -0.507 e. The van der Waals surface area contributed by atoms with Gasteiger partial charge in [0.25, 0.3) is 5.69 Å². The van der Waals surface area contributed by atoms with Gasteiger partial charge in [-0.3, -0.25) is 10.1 Å². The average molecular weight is 275 g/mol. The molecular weight excluding hydrogens is 262 g/mol. The van der Waals surface area contributed by atoms with Crippen molar-refractivity contribution in [1.29, 1.82) is 0 Å². The highest BCUT2D eigenvalue weighted by atomic mass is 16.6. The zero-order chi connectivity index (χ0) is 14.7. The summed E-state index contributed by atoms with van der Waals surface area (Å²) in [6.07, 6.45) is 0. The first kappa shape index (κ1) is 13.7. The summed E-state index contributed by atoms with van der Waals surface area (Å²) >= 11 is 0. The zero-order valence-electron chi connectivity index (χ0n) is 11.0. The van der Waals surface area contributed by atoms with Crippen LogP contribution < -0.4 is 9.47 Å². The van der Waals surface area contributed by atoms with Crippen LogP contribution in [0, 0.1) is 10.1 Å². The average Bonchev–Trinajstić information content (AvgIpc) is 2.46. The van der Waals surface area contributed by atoms with Gasteiger partial charge in [0, 0.05) is 17.7 Å². The monoisotopic (exact) mass is 275 g/mol. The van der Waals surface area contributed by atoms with Gasteiger partial charge in [-0.25, -0.2) is 0 Å². The van der Waals surface area contributed by atoms with Crippen molar-refractivity contribution >= 4 is 5.69 Å². The Kier molecular flexibility index (Phi) is 3.74. The maximum absolute atomic E-state index is 10.8. The van der Waals surface area contributed by atoms with E-state index in [1.54, 1.807) is 18.2 Å². The van der Waals surface area contributed by atoms with Gasteiger partial charge in [-0.1, -0.05) is 6.07 Å². The quantitative estimate of drug-likeness (QED) is 0.685. The number of aromatic hydroxyl groups is 1. The van der Waals surface area contributed by atoms with E-state index in [-0.39, 0.29) is 11.4 Å². The first-order chi connectivity index (χ1) is 9.56. The first-order valence-electron chi connectivity index (χ1n) is 5.76. The molecule has 1 N–H and O–H groups in total. The summed E-state index contributed by atoms with van der Waals surface area (Å²) in [5.41, 5.74) is 0.872. The van der Waals surface area contributed by atoms with Crippen LogP contribution in [0.2, 0.25) is 0 Å². The molecule has 0 aliphatic rings. The Morgan fingerprint density at radius 1 is 1.05 bits per heavy atom. The van der Waals surface area contributed by atoms with Crippen LogP contribution in [0.25, 0.3) is 11.1 Å². The van der Waals surface area contributed by atoms with Gasteiger partial charge in [-0.05, 0) is 23.8 Å². The van der Waals surface area contributed by atoms with Gasteiger partial charge in [-0.15, -0.1) is 0 Å². The Hall–Kier alpha value is -2.76. The molecule has 20 heavy (non-hydrogen) atoms. The number of nitro groups is 1. The lowest BCUT2D eigenvalue weighted by atomic mass is 10.0. The van der Waals surface area contributed by atoms with Gasteiger partial charge >= 0.3 is 0 Å². The largest absolute Gasteiger partial charge is 0.507 e. The normalized spacial score (nSPS) is 10.1. The molecule has 0 atom stereocenters. The molecule has 104 valence electrons. The summed E-state index contributed by atoms with van der Waals surface area (Å²) < 4.78 is 10.3. The Morgan fingerprint density at radius 3 is 2.35 bits per heavy atom. The SMILES string of the molecule is COc1ccc(-c2cc([N+](=O)[O-])ccc2O)cc1OC. The standard InChI is InChI=1S/C14H13NO5/c1-19-13-6-3-9(7-14(13)20-2)11-8-10(15(17)18)4-5-12(11)16/h3-8,16H,1-2H3. The van der Waals surface area contributed by atoms with Crippen LogP contribution in [0.4, 0.5) is 5.69 Å². The number of phenolic OH excluding ortho intramolecular Hbond substituents is 1. The van der Waals surface area contributed by atoms with Crippen LogP contribution in [0.1, 0.15) is 0 Å². The third-order valence-electron chi connectivity index (χ3n) is 2.89. The molecule has 0 fully saturated rings. The highest BCUT2D eigenvalue weighted by Crippen LogP contribution is 2.37. The van der Waals surface area contributed by atoms with E-state index in [4.69, 9.17) is 9.47 Å². The number of nitrogens with zero attached hydrogens (tertiary/aromatic N) is 1. The summed E-state index contributed by atoms with van der Waals surface area (Å²) in [4.78, 5) is 10.3. The van der Waals surface area contributed by atoms with Gasteiger partial charge in [0.05, 0.1) is 19.1 Å². The topological polar surface area (TPSA) is 81.8 Å². The lowest BCUT2D eigenvalue weighted by Gasteiger charge is -2.10. The van der Waals surface area contributed by atoms with E-state index in [1.165, 1.54) is 32.4 Å². The number of hydrogen-bond acceptors (Lipinski definition) is 5. The molecule has 2 aromatic carbocycles. The maximum atomic E-state index is 10.8. The maximum Gasteiger partial charge on any atom is 0.270 e. The molecule has 0 saturated heterocycles. The van der Waals surface area contributed by atoms with Crippen molar-refractivity contribution < 1.29 is 19.5 Å². The van der Waals surface area contributed by atoms with Crippen molar-refractivity contribution in [1.82, 2.24) is 0 Å². The van der Waals surface area contributed by atoms with E-state index in [0.29, 0.717) is 22.6 Å². The predicted octanol–water partition coefficient (Wildman–Crippen LogP) is 2.98. The van der Waals surface area contributed by atoms with Crippen LogP contribution in [-0.2, 0) is 0 Å². The van der Waals surface area contributed by atoms with Crippen molar-refractivity contribution in [2.45, 2.75) is 0 Å². The van der Waals surface area contributed by atoms with E-state index >= 15 is 0 Å². The Labute approximate surface area is 115 Å². The number of non-ortho nitro benzene ring substituents is 1. The number of hydrogen-bond donors (Lipinski definition) is 1. The molecule has 2 rings (SSSR count). The fourth-order valence-electron chi connectivity index (χ4n) is 1.87. The summed E-state index contributed by atoms with van der Waals surface area (Å²) in [6.45, 7) is 0. The van der Waals surface area contributed by atoms with Crippen LogP contribution in [-0.4, -0.2) is 24.2 Å². The van der Waals surface area contributed by atoms with E-state index < -0.39 is 4.92 Å². The summed E-state index contributed by atoms with van der Waals surface area (Å²) in [7, 11) is 3.01. The Bertz CT molecular complexity index is 654.